The quantitative estimate of drug-likeness (QED) is 0.605. The summed E-state index contributed by atoms with van der Waals surface area (Å²) in [4.78, 5) is 29.0. The molecule has 130 valence electrons. The number of nitrogens with zero attached hydrogens (tertiary/aromatic N) is 3. The molecule has 0 radical (unpaired) electrons. The van der Waals surface area contributed by atoms with Crippen molar-refractivity contribution in [3.8, 4) is 11.3 Å². The first kappa shape index (κ1) is 16.3. The highest BCUT2D eigenvalue weighted by molar-refractivity contribution is 7.07. The van der Waals surface area contributed by atoms with Gasteiger partial charge in [-0.2, -0.15) is 0 Å². The molecule has 0 unspecified atom stereocenters. The fraction of sp³-hybridized carbons (Fsp3) is 0.105. The number of hydrogen-bond acceptors (Lipinski definition) is 4. The Morgan fingerprint density at radius 1 is 1.15 bits per heavy atom. The second kappa shape index (κ2) is 6.61. The number of pyridine rings is 1. The van der Waals surface area contributed by atoms with E-state index in [4.69, 9.17) is 0 Å². The van der Waals surface area contributed by atoms with Crippen molar-refractivity contribution in [1.29, 1.82) is 0 Å². The normalized spacial score (nSPS) is 11.0. The van der Waals surface area contributed by atoms with E-state index in [9.17, 15) is 9.59 Å². The smallest absolute Gasteiger partial charge is 0.307 e. The first-order chi connectivity index (χ1) is 12.6. The number of fused-ring (bicyclic) bond motifs is 1. The van der Waals surface area contributed by atoms with E-state index in [-0.39, 0.29) is 17.3 Å². The monoisotopic (exact) mass is 364 g/mol. The Kier molecular flexibility index (Phi) is 4.14. The van der Waals surface area contributed by atoms with Gasteiger partial charge < -0.3 is 5.32 Å². The summed E-state index contributed by atoms with van der Waals surface area (Å²) in [7, 11) is 0. The van der Waals surface area contributed by atoms with Gasteiger partial charge >= 0.3 is 4.87 Å². The molecule has 4 aromatic rings. The molecule has 3 aromatic heterocycles. The lowest BCUT2D eigenvalue weighted by molar-refractivity contribution is -0.116. The second-order valence-corrected chi connectivity index (χ2v) is 6.70. The van der Waals surface area contributed by atoms with Crippen molar-refractivity contribution in [3.63, 3.8) is 0 Å². The minimum atomic E-state index is -0.267. The molecule has 3 heterocycles. The lowest BCUT2D eigenvalue weighted by atomic mass is 10.1. The third-order valence-corrected chi connectivity index (χ3v) is 4.99. The summed E-state index contributed by atoms with van der Waals surface area (Å²) < 4.78 is 3.30. The van der Waals surface area contributed by atoms with Crippen LogP contribution in [0.5, 0.6) is 0 Å². The van der Waals surface area contributed by atoms with Gasteiger partial charge in [-0.1, -0.05) is 47.7 Å². The molecule has 7 heteroatoms. The van der Waals surface area contributed by atoms with Crippen molar-refractivity contribution >= 4 is 28.7 Å². The zero-order chi connectivity index (χ0) is 18.1. The standard InChI is InChI=1S/C19H16N4O2S/c1-13-12-26-19(25)23(13)11-16(24)21-18-17(14-7-3-2-4-8-14)20-15-9-5-6-10-22(15)18/h2-10,12H,11H2,1H3,(H,21,24). The lowest BCUT2D eigenvalue weighted by Crippen LogP contribution is -2.25. The SMILES string of the molecule is Cc1csc(=O)n1CC(=O)Nc1c(-c2ccccc2)nc2ccccn12. The van der Waals surface area contributed by atoms with Crippen molar-refractivity contribution in [2.45, 2.75) is 13.5 Å². The predicted molar refractivity (Wildman–Crippen MR) is 103 cm³/mol. The first-order valence-electron chi connectivity index (χ1n) is 8.11. The van der Waals surface area contributed by atoms with E-state index in [1.165, 1.54) is 4.57 Å². The van der Waals surface area contributed by atoms with E-state index >= 15 is 0 Å². The van der Waals surface area contributed by atoms with Crippen LogP contribution in [0.15, 0.2) is 64.9 Å². The van der Waals surface area contributed by atoms with Crippen molar-refractivity contribution in [1.82, 2.24) is 14.0 Å². The highest BCUT2D eigenvalue weighted by Crippen LogP contribution is 2.28. The van der Waals surface area contributed by atoms with Crippen LogP contribution in [-0.4, -0.2) is 19.9 Å². The number of carbonyl (C=O) groups is 1. The number of rotatable bonds is 4. The summed E-state index contributed by atoms with van der Waals surface area (Å²) in [6, 6.07) is 15.4. The van der Waals surface area contributed by atoms with Crippen molar-refractivity contribution in [2.75, 3.05) is 5.32 Å². The van der Waals surface area contributed by atoms with Crippen LogP contribution >= 0.6 is 11.3 Å². The topological polar surface area (TPSA) is 68.4 Å². The van der Waals surface area contributed by atoms with Crippen LogP contribution in [-0.2, 0) is 11.3 Å². The molecular weight excluding hydrogens is 348 g/mol. The van der Waals surface area contributed by atoms with Gasteiger partial charge in [0.05, 0.1) is 0 Å². The van der Waals surface area contributed by atoms with Crippen molar-refractivity contribution in [3.05, 3.63) is 75.5 Å². The Bertz CT molecular complexity index is 1140. The molecule has 0 aliphatic heterocycles. The number of carbonyl (C=O) groups excluding carboxylic acids is 1. The average molecular weight is 364 g/mol. The average Bonchev–Trinajstić information content (AvgIpc) is 3.18. The van der Waals surface area contributed by atoms with Gasteiger partial charge in [0.15, 0.2) is 0 Å². The molecule has 0 fully saturated rings. The lowest BCUT2D eigenvalue weighted by Gasteiger charge is -2.09. The van der Waals surface area contributed by atoms with E-state index in [1.807, 2.05) is 66.1 Å². The van der Waals surface area contributed by atoms with Crippen LogP contribution < -0.4 is 10.2 Å². The van der Waals surface area contributed by atoms with E-state index in [0.29, 0.717) is 11.5 Å². The molecule has 0 spiro atoms. The summed E-state index contributed by atoms with van der Waals surface area (Å²) in [6.45, 7) is 1.79. The van der Waals surface area contributed by atoms with Gasteiger partial charge in [0, 0.05) is 22.8 Å². The number of hydrogen-bond donors (Lipinski definition) is 1. The molecular formula is C19H16N4O2S. The Morgan fingerprint density at radius 3 is 2.65 bits per heavy atom. The van der Waals surface area contributed by atoms with Crippen LogP contribution in [0, 0.1) is 6.92 Å². The van der Waals surface area contributed by atoms with Crippen LogP contribution in [0.25, 0.3) is 16.9 Å². The van der Waals surface area contributed by atoms with Gasteiger partial charge in [-0.3, -0.25) is 18.6 Å². The number of imidazole rings is 1. The molecule has 0 aliphatic rings. The second-order valence-electron chi connectivity index (χ2n) is 5.88. The summed E-state index contributed by atoms with van der Waals surface area (Å²) >= 11 is 1.09. The van der Waals surface area contributed by atoms with Crippen LogP contribution in [0.2, 0.25) is 0 Å². The van der Waals surface area contributed by atoms with Gasteiger partial charge in [-0.15, -0.1) is 0 Å². The predicted octanol–water partition coefficient (Wildman–Crippen LogP) is 3.17. The maximum Gasteiger partial charge on any atom is 0.307 e. The van der Waals surface area contributed by atoms with Crippen LogP contribution in [0.1, 0.15) is 5.69 Å². The molecule has 1 amide bonds. The largest absolute Gasteiger partial charge is 0.308 e. The van der Waals surface area contributed by atoms with E-state index in [2.05, 4.69) is 10.3 Å². The number of thiazole rings is 1. The van der Waals surface area contributed by atoms with Gasteiger partial charge in [0.1, 0.15) is 23.7 Å². The minimum Gasteiger partial charge on any atom is -0.308 e. The summed E-state index contributed by atoms with van der Waals surface area (Å²) in [6.07, 6.45) is 1.85. The van der Waals surface area contributed by atoms with Crippen LogP contribution in [0.4, 0.5) is 5.82 Å². The Morgan fingerprint density at radius 2 is 1.92 bits per heavy atom. The highest BCUT2D eigenvalue weighted by atomic mass is 32.1. The van der Waals surface area contributed by atoms with Crippen molar-refractivity contribution < 1.29 is 4.79 Å². The molecule has 4 rings (SSSR count). The Labute approximate surface area is 153 Å². The molecule has 0 aliphatic carbocycles. The number of benzene rings is 1. The van der Waals surface area contributed by atoms with Crippen LogP contribution in [0.3, 0.4) is 0 Å². The molecule has 6 nitrogen and oxygen atoms in total. The number of aryl methyl sites for hydroxylation is 1. The molecule has 0 saturated heterocycles. The highest BCUT2D eigenvalue weighted by Gasteiger charge is 2.17. The first-order valence-corrected chi connectivity index (χ1v) is 8.99. The maximum atomic E-state index is 12.6. The fourth-order valence-corrected chi connectivity index (χ4v) is 3.56. The fourth-order valence-electron chi connectivity index (χ4n) is 2.82. The van der Waals surface area contributed by atoms with Crippen molar-refractivity contribution in [2.24, 2.45) is 0 Å². The number of aromatic nitrogens is 3. The minimum absolute atomic E-state index is 0.0253. The molecule has 1 aromatic carbocycles. The number of nitrogens with one attached hydrogen (secondary N) is 1. The van der Waals surface area contributed by atoms with Gasteiger partial charge in [0.25, 0.3) is 0 Å². The maximum absolute atomic E-state index is 12.6. The van der Waals surface area contributed by atoms with E-state index in [0.717, 1.165) is 28.2 Å². The third kappa shape index (κ3) is 2.93. The molecule has 0 atom stereocenters. The Balaban J connectivity index is 1.73. The summed E-state index contributed by atoms with van der Waals surface area (Å²) in [5.74, 6) is 0.328. The van der Waals surface area contributed by atoms with Gasteiger partial charge in [-0.05, 0) is 19.1 Å². The molecule has 1 N–H and O–H groups in total. The summed E-state index contributed by atoms with van der Waals surface area (Å²) in [5.41, 5.74) is 3.12. The zero-order valence-electron chi connectivity index (χ0n) is 14.0. The van der Waals surface area contributed by atoms with Gasteiger partial charge in [0.2, 0.25) is 5.91 Å². The molecule has 0 bridgehead atoms. The summed E-state index contributed by atoms with van der Waals surface area (Å²) in [5, 5.41) is 4.68. The van der Waals surface area contributed by atoms with E-state index in [1.54, 1.807) is 5.38 Å². The number of amides is 1. The molecule has 0 saturated carbocycles. The third-order valence-electron chi connectivity index (χ3n) is 4.11. The Hall–Kier alpha value is -3.19. The number of anilines is 1. The van der Waals surface area contributed by atoms with Gasteiger partial charge in [-0.25, -0.2) is 4.98 Å². The molecule has 26 heavy (non-hydrogen) atoms. The van der Waals surface area contributed by atoms with E-state index < -0.39 is 0 Å². The zero-order valence-corrected chi connectivity index (χ0v) is 14.9.